The minimum absolute atomic E-state index is 0.0686. The minimum Gasteiger partial charge on any atom is -0.346 e. The van der Waals surface area contributed by atoms with E-state index in [2.05, 4.69) is 10.3 Å². The van der Waals surface area contributed by atoms with Crippen LogP contribution in [-0.2, 0) is 23.6 Å². The van der Waals surface area contributed by atoms with Gasteiger partial charge < -0.3 is 9.64 Å². The van der Waals surface area contributed by atoms with Gasteiger partial charge in [-0.25, -0.2) is 4.68 Å². The Morgan fingerprint density at radius 2 is 1.47 bits per heavy atom. The van der Waals surface area contributed by atoms with E-state index in [0.717, 1.165) is 10.2 Å². The molecule has 0 aliphatic carbocycles. The van der Waals surface area contributed by atoms with Crippen LogP contribution in [0.15, 0.2) is 78.9 Å². The van der Waals surface area contributed by atoms with Crippen LogP contribution in [0.5, 0.6) is 0 Å². The molecule has 43 heavy (non-hydrogen) atoms. The fraction of sp³-hybridized carbons (Fsp3) is 0.300. The van der Waals surface area contributed by atoms with E-state index in [0.29, 0.717) is 17.7 Å². The predicted octanol–water partition coefficient (Wildman–Crippen LogP) is 6.48. The van der Waals surface area contributed by atoms with Crippen molar-refractivity contribution < 1.29 is 35.9 Å². The highest BCUT2D eigenvalue weighted by atomic mass is 19.4. The molecule has 1 fully saturated rings. The van der Waals surface area contributed by atoms with Gasteiger partial charge in [-0.1, -0.05) is 65.9 Å². The normalized spacial score (nSPS) is 18.5. The maximum atomic E-state index is 14.2. The second-order valence-electron chi connectivity index (χ2n) is 10.3. The monoisotopic (exact) mass is 603 g/mol. The third kappa shape index (κ3) is 6.42. The van der Waals surface area contributed by atoms with Crippen LogP contribution in [0.1, 0.15) is 45.7 Å². The predicted molar refractivity (Wildman–Crippen MR) is 144 cm³/mol. The zero-order valence-corrected chi connectivity index (χ0v) is 23.1. The smallest absolute Gasteiger partial charge is 0.346 e. The molecule has 2 atom stereocenters. The summed E-state index contributed by atoms with van der Waals surface area (Å²) in [6.45, 7) is 1.61. The molecule has 0 N–H and O–H groups in total. The summed E-state index contributed by atoms with van der Waals surface area (Å²) in [5.74, 6) is -0.555. The number of rotatable bonds is 5. The molecular formula is C30H27F6N5O2. The molecule has 0 saturated carbocycles. The molecule has 7 nitrogen and oxygen atoms in total. The van der Waals surface area contributed by atoms with Crippen molar-refractivity contribution in [3.63, 3.8) is 0 Å². The Bertz CT molecular complexity index is 1540. The van der Waals surface area contributed by atoms with Crippen LogP contribution in [-0.4, -0.2) is 57.3 Å². The number of alkyl halides is 6. The van der Waals surface area contributed by atoms with E-state index < -0.39 is 42.0 Å². The number of carbonyl (C=O) groups excluding carboxylic acids is 1. The Morgan fingerprint density at radius 3 is 2.05 bits per heavy atom. The van der Waals surface area contributed by atoms with Gasteiger partial charge in [0.25, 0.3) is 5.91 Å². The van der Waals surface area contributed by atoms with Crippen molar-refractivity contribution in [3.8, 4) is 11.3 Å². The molecule has 0 spiro atoms. The number of hydrogen-bond acceptors (Lipinski definition) is 5. The molecule has 5 rings (SSSR count). The third-order valence-corrected chi connectivity index (χ3v) is 7.38. The first-order valence-corrected chi connectivity index (χ1v) is 13.3. The molecule has 1 aliphatic heterocycles. The first-order valence-electron chi connectivity index (χ1n) is 13.3. The minimum atomic E-state index is -5.01. The van der Waals surface area contributed by atoms with Crippen molar-refractivity contribution in [1.82, 2.24) is 24.8 Å². The molecule has 4 aromatic rings. The number of likely N-dealkylation sites (N-methyl/N-ethyl adjacent to an activating group) is 1. The lowest BCUT2D eigenvalue weighted by molar-refractivity contribution is -0.143. The molecule has 1 aromatic heterocycles. The molecular weight excluding hydrogens is 576 g/mol. The van der Waals surface area contributed by atoms with Crippen LogP contribution in [0.3, 0.4) is 0 Å². The van der Waals surface area contributed by atoms with Gasteiger partial charge in [-0.3, -0.25) is 9.69 Å². The average molecular weight is 604 g/mol. The lowest BCUT2D eigenvalue weighted by atomic mass is 9.97. The second kappa shape index (κ2) is 11.8. The van der Waals surface area contributed by atoms with Crippen molar-refractivity contribution in [1.29, 1.82) is 0 Å². The van der Waals surface area contributed by atoms with Gasteiger partial charge in [-0.2, -0.15) is 26.3 Å². The highest BCUT2D eigenvalue weighted by Gasteiger charge is 2.39. The van der Waals surface area contributed by atoms with E-state index in [1.807, 2.05) is 49.2 Å². The van der Waals surface area contributed by atoms with E-state index in [-0.39, 0.29) is 42.5 Å². The number of hydrogen-bond donors (Lipinski definition) is 0. The molecule has 226 valence electrons. The molecule has 1 amide bonds. The number of amides is 1. The molecule has 1 saturated heterocycles. The van der Waals surface area contributed by atoms with Crippen LogP contribution in [0, 0.1) is 0 Å². The Morgan fingerprint density at radius 1 is 0.884 bits per heavy atom. The molecule has 1 aliphatic rings. The number of halogens is 6. The van der Waals surface area contributed by atoms with Crippen molar-refractivity contribution in [2.24, 2.45) is 0 Å². The third-order valence-electron chi connectivity index (χ3n) is 7.38. The fourth-order valence-corrected chi connectivity index (χ4v) is 5.15. The lowest BCUT2D eigenvalue weighted by Gasteiger charge is -2.35. The van der Waals surface area contributed by atoms with Crippen LogP contribution < -0.4 is 0 Å². The first kappa shape index (κ1) is 30.2. The standard InChI is InChI=1S/C30H27F6N5O2/c1-19-26(21-9-5-3-6-10-21)40(18-43-17-39(19)2)28(42)25-27(22-11-7-4-8-12-22)41(38-37-25)16-20-13-23(29(31,32)33)15-24(14-20)30(34,35)36/h3-15,19,26H,16-18H2,1-2H3/t19-,26-/m1/s1. The van der Waals surface area contributed by atoms with Crippen molar-refractivity contribution in [3.05, 3.63) is 107 Å². The van der Waals surface area contributed by atoms with E-state index in [1.165, 1.54) is 4.90 Å². The van der Waals surface area contributed by atoms with Crippen molar-refractivity contribution in [2.45, 2.75) is 37.9 Å². The summed E-state index contributed by atoms with van der Waals surface area (Å²) in [6.07, 6.45) is -10.0. The average Bonchev–Trinajstić information content (AvgIpc) is 3.32. The molecule has 3 aromatic carbocycles. The van der Waals surface area contributed by atoms with Crippen LogP contribution in [0.4, 0.5) is 26.3 Å². The SMILES string of the molecule is C[C@@H]1[C@H](c2ccccc2)N(C(=O)c2nnn(Cc3cc(C(F)(F)F)cc(C(F)(F)F)c3)c2-c2ccccc2)COCN1C. The van der Waals surface area contributed by atoms with Gasteiger partial charge in [0, 0.05) is 11.6 Å². The van der Waals surface area contributed by atoms with Gasteiger partial charge in [0.05, 0.1) is 23.7 Å². The quantitative estimate of drug-likeness (QED) is 0.245. The zero-order valence-electron chi connectivity index (χ0n) is 23.1. The number of ether oxygens (including phenoxy) is 1. The van der Waals surface area contributed by atoms with Gasteiger partial charge in [-0.05, 0) is 43.3 Å². The van der Waals surface area contributed by atoms with Crippen molar-refractivity contribution >= 4 is 5.91 Å². The zero-order chi connectivity index (χ0) is 30.9. The second-order valence-corrected chi connectivity index (χ2v) is 10.3. The van der Waals surface area contributed by atoms with E-state index in [9.17, 15) is 31.1 Å². The van der Waals surface area contributed by atoms with Crippen LogP contribution >= 0.6 is 0 Å². The van der Waals surface area contributed by atoms with Gasteiger partial charge in [-0.15, -0.1) is 5.10 Å². The van der Waals surface area contributed by atoms with Gasteiger partial charge in [0.1, 0.15) is 19.2 Å². The topological polar surface area (TPSA) is 63.5 Å². The Balaban J connectivity index is 1.61. The fourth-order valence-electron chi connectivity index (χ4n) is 5.15. The van der Waals surface area contributed by atoms with Gasteiger partial charge >= 0.3 is 12.4 Å². The summed E-state index contributed by atoms with van der Waals surface area (Å²) in [4.78, 5) is 17.7. The van der Waals surface area contributed by atoms with E-state index >= 15 is 0 Å². The van der Waals surface area contributed by atoms with Gasteiger partial charge in [0.2, 0.25) is 0 Å². The Labute approximate surface area is 243 Å². The highest BCUT2D eigenvalue weighted by molar-refractivity contribution is 5.98. The highest BCUT2D eigenvalue weighted by Crippen LogP contribution is 2.37. The summed E-state index contributed by atoms with van der Waals surface area (Å²) >= 11 is 0. The molecule has 0 radical (unpaired) electrons. The largest absolute Gasteiger partial charge is 0.416 e. The summed E-state index contributed by atoms with van der Waals surface area (Å²) in [5.41, 5.74) is -1.86. The number of benzene rings is 3. The molecule has 0 unspecified atom stereocenters. The van der Waals surface area contributed by atoms with E-state index in [4.69, 9.17) is 4.74 Å². The van der Waals surface area contributed by atoms with E-state index in [1.54, 1.807) is 30.3 Å². The summed E-state index contributed by atoms with van der Waals surface area (Å²) in [6, 6.07) is 18.5. The Hall–Kier alpha value is -4.23. The van der Waals surface area contributed by atoms with Crippen molar-refractivity contribution in [2.75, 3.05) is 20.5 Å². The summed E-state index contributed by atoms with van der Waals surface area (Å²) in [7, 11) is 1.87. The maximum absolute atomic E-state index is 14.2. The van der Waals surface area contributed by atoms with Crippen LogP contribution in [0.2, 0.25) is 0 Å². The van der Waals surface area contributed by atoms with Crippen LogP contribution in [0.25, 0.3) is 11.3 Å². The number of carbonyl (C=O) groups is 1. The number of aromatic nitrogens is 3. The molecule has 2 heterocycles. The Kier molecular flexibility index (Phi) is 8.30. The molecule has 13 heteroatoms. The number of nitrogens with zero attached hydrogens (tertiary/aromatic N) is 5. The summed E-state index contributed by atoms with van der Waals surface area (Å²) < 4.78 is 88.1. The van der Waals surface area contributed by atoms with Gasteiger partial charge in [0.15, 0.2) is 5.69 Å². The first-order chi connectivity index (χ1) is 20.3. The summed E-state index contributed by atoms with van der Waals surface area (Å²) in [5, 5.41) is 8.17. The molecule has 0 bridgehead atoms. The lowest BCUT2D eigenvalue weighted by Crippen LogP contribution is -2.43. The maximum Gasteiger partial charge on any atom is 0.416 e.